The number of piperidine rings is 1. The fourth-order valence-corrected chi connectivity index (χ4v) is 5.67. The molecule has 42 heavy (non-hydrogen) atoms. The lowest BCUT2D eigenvalue weighted by Crippen LogP contribution is -2.61. The van der Waals surface area contributed by atoms with Gasteiger partial charge in [0, 0.05) is 62.4 Å². The van der Waals surface area contributed by atoms with E-state index in [2.05, 4.69) is 20.7 Å². The summed E-state index contributed by atoms with van der Waals surface area (Å²) >= 11 is 0. The second-order valence-electron chi connectivity index (χ2n) is 10.7. The Labute approximate surface area is 238 Å². The first-order chi connectivity index (χ1) is 20.0. The van der Waals surface area contributed by atoms with Crippen LogP contribution in [0.4, 0.5) is 28.9 Å². The molecule has 0 bridgehead atoms. The number of pyridine rings is 1. The molecule has 0 spiro atoms. The number of aromatic nitrogens is 4. The second-order valence-corrected chi connectivity index (χ2v) is 10.7. The van der Waals surface area contributed by atoms with Crippen molar-refractivity contribution < 1.29 is 22.4 Å². The van der Waals surface area contributed by atoms with Crippen LogP contribution in [0.15, 0.2) is 67.1 Å². The number of hydrogen-bond donors (Lipinski definition) is 2. The minimum Gasteiger partial charge on any atom is -0.371 e. The van der Waals surface area contributed by atoms with Crippen LogP contribution in [0.5, 0.6) is 0 Å². The largest absolute Gasteiger partial charge is 0.406 e. The monoisotopic (exact) mass is 579 g/mol. The summed E-state index contributed by atoms with van der Waals surface area (Å²) in [6.45, 7) is 2.20. The molecule has 8 nitrogen and oxygen atoms in total. The number of rotatable bonds is 6. The zero-order valence-electron chi connectivity index (χ0n) is 23.0. The third-order valence-corrected chi connectivity index (χ3v) is 7.87. The Morgan fingerprint density at radius 2 is 1.79 bits per heavy atom. The number of nitrogens with one attached hydrogen (secondary N) is 2. The van der Waals surface area contributed by atoms with Crippen LogP contribution < -0.4 is 15.5 Å². The Hall–Kier alpha value is -4.45. The number of carbonyl (C=O) groups excluding carboxylic acids is 1. The molecule has 6 rings (SSSR count). The van der Waals surface area contributed by atoms with Crippen molar-refractivity contribution >= 4 is 33.8 Å². The highest BCUT2D eigenvalue weighted by atomic mass is 19.4. The molecule has 1 saturated heterocycles. The molecular formula is C30H29F4N7O. The molecule has 1 fully saturated rings. The number of halogens is 4. The van der Waals surface area contributed by atoms with Crippen LogP contribution in [-0.4, -0.2) is 49.9 Å². The van der Waals surface area contributed by atoms with Crippen molar-refractivity contribution in [3.63, 3.8) is 0 Å². The van der Waals surface area contributed by atoms with Crippen molar-refractivity contribution in [3.05, 3.63) is 89.8 Å². The van der Waals surface area contributed by atoms with Gasteiger partial charge in [0.1, 0.15) is 11.1 Å². The van der Waals surface area contributed by atoms with E-state index in [-0.39, 0.29) is 49.4 Å². The predicted molar refractivity (Wildman–Crippen MR) is 152 cm³/mol. The lowest BCUT2D eigenvalue weighted by atomic mass is 9.86. The average molecular weight is 580 g/mol. The Kier molecular flexibility index (Phi) is 6.88. The van der Waals surface area contributed by atoms with Crippen molar-refractivity contribution in [2.45, 2.75) is 38.0 Å². The van der Waals surface area contributed by atoms with Crippen LogP contribution >= 0.6 is 0 Å². The Morgan fingerprint density at radius 3 is 2.50 bits per heavy atom. The number of anilines is 2. The van der Waals surface area contributed by atoms with E-state index in [1.807, 2.05) is 11.0 Å². The van der Waals surface area contributed by atoms with Gasteiger partial charge in [-0.05, 0) is 37.5 Å². The molecule has 1 amide bonds. The summed E-state index contributed by atoms with van der Waals surface area (Å²) in [4.78, 5) is 19.3. The van der Waals surface area contributed by atoms with Crippen molar-refractivity contribution in [1.82, 2.24) is 24.5 Å². The Morgan fingerprint density at radius 1 is 1.05 bits per heavy atom. The first kappa shape index (κ1) is 27.7. The van der Waals surface area contributed by atoms with Gasteiger partial charge in [-0.25, -0.2) is 9.37 Å². The van der Waals surface area contributed by atoms with Gasteiger partial charge in [0.15, 0.2) is 11.5 Å². The van der Waals surface area contributed by atoms with E-state index in [9.17, 15) is 22.4 Å². The van der Waals surface area contributed by atoms with E-state index in [0.29, 0.717) is 22.3 Å². The van der Waals surface area contributed by atoms with Crippen LogP contribution in [0.3, 0.4) is 0 Å². The van der Waals surface area contributed by atoms with Crippen molar-refractivity contribution in [1.29, 1.82) is 0 Å². The number of nitrogens with zero attached hydrogens (tertiary/aromatic N) is 5. The van der Waals surface area contributed by atoms with Crippen molar-refractivity contribution in [2.24, 2.45) is 7.05 Å². The minimum atomic E-state index is -4.42. The van der Waals surface area contributed by atoms with Gasteiger partial charge in [0.2, 0.25) is 0 Å². The molecule has 2 N–H and O–H groups in total. The number of carbonyl (C=O) groups is 1. The molecule has 1 aliphatic rings. The number of hydrogen-bond acceptors (Lipinski definition) is 5. The van der Waals surface area contributed by atoms with Crippen LogP contribution in [0, 0.1) is 12.7 Å². The summed E-state index contributed by atoms with van der Waals surface area (Å²) in [5.74, 6) is -1.06. The van der Waals surface area contributed by atoms with E-state index >= 15 is 0 Å². The highest BCUT2D eigenvalue weighted by Crippen LogP contribution is 2.41. The number of aryl methyl sites for hydroxylation is 2. The topological polar surface area (TPSA) is 79.5 Å². The molecule has 3 aromatic heterocycles. The summed E-state index contributed by atoms with van der Waals surface area (Å²) in [7, 11) is 1.72. The molecule has 5 aromatic rings. The summed E-state index contributed by atoms with van der Waals surface area (Å²) in [6, 6.07) is 13.6. The quantitative estimate of drug-likeness (QED) is 0.256. The van der Waals surface area contributed by atoms with Crippen LogP contribution in [0.2, 0.25) is 0 Å². The Balaban J connectivity index is 1.23. The fourth-order valence-electron chi connectivity index (χ4n) is 5.67. The van der Waals surface area contributed by atoms with Gasteiger partial charge >= 0.3 is 6.18 Å². The molecule has 0 aliphatic carbocycles. The molecule has 2 aromatic carbocycles. The second kappa shape index (κ2) is 10.4. The molecule has 1 aliphatic heterocycles. The van der Waals surface area contributed by atoms with Crippen LogP contribution in [0.1, 0.15) is 34.5 Å². The van der Waals surface area contributed by atoms with E-state index in [0.717, 1.165) is 5.56 Å². The predicted octanol–water partition coefficient (Wildman–Crippen LogP) is 5.61. The van der Waals surface area contributed by atoms with Gasteiger partial charge in [0.25, 0.3) is 5.91 Å². The van der Waals surface area contributed by atoms with Gasteiger partial charge in [-0.3, -0.25) is 14.8 Å². The average Bonchev–Trinajstić information content (AvgIpc) is 3.53. The number of alkyl halides is 3. The minimum absolute atomic E-state index is 0.119. The number of fused-ring (bicyclic) bond motifs is 2. The number of imidazole rings is 1. The number of benzene rings is 2. The van der Waals surface area contributed by atoms with Gasteiger partial charge in [-0.15, -0.1) is 0 Å². The summed E-state index contributed by atoms with van der Waals surface area (Å²) in [6.07, 6.45) is 0.304. The van der Waals surface area contributed by atoms with Gasteiger partial charge in [-0.2, -0.15) is 18.3 Å². The highest BCUT2D eigenvalue weighted by molar-refractivity contribution is 6.13. The molecule has 0 radical (unpaired) electrons. The Bertz CT molecular complexity index is 1770. The lowest BCUT2D eigenvalue weighted by Gasteiger charge is -2.44. The molecule has 218 valence electrons. The molecule has 0 atom stereocenters. The molecule has 12 heteroatoms. The van der Waals surface area contributed by atoms with Crippen LogP contribution in [0.25, 0.3) is 16.6 Å². The standard InChI is InChI=1S/C30H29F4N7O/c1-19-16-41-17-21(14-24(31)27(41)36-19)37-28(42)22-8-9-25(23-18-39(2)38-26(22)23)40-12-10-29(11-13-40,30(32,33)34)35-15-20-6-4-3-5-7-20/h3-9,14,16-18,35H,10-13,15H2,1-2H3,(H,37,42). The molecule has 0 saturated carbocycles. The smallest absolute Gasteiger partial charge is 0.371 e. The van der Waals surface area contributed by atoms with Gasteiger partial charge in [-0.1, -0.05) is 30.3 Å². The fraction of sp³-hybridized carbons (Fsp3) is 0.300. The molecule has 0 unspecified atom stereocenters. The van der Waals surface area contributed by atoms with E-state index in [4.69, 9.17) is 0 Å². The number of amides is 1. The maximum absolute atomic E-state index is 14.6. The maximum Gasteiger partial charge on any atom is 0.406 e. The summed E-state index contributed by atoms with van der Waals surface area (Å²) in [5.41, 5.74) is 1.21. The van der Waals surface area contributed by atoms with Crippen LogP contribution in [-0.2, 0) is 13.6 Å². The normalized spacial score (nSPS) is 15.4. The van der Waals surface area contributed by atoms with E-state index < -0.39 is 23.4 Å². The first-order valence-corrected chi connectivity index (χ1v) is 13.6. The maximum atomic E-state index is 14.6. The van der Waals surface area contributed by atoms with E-state index in [1.165, 1.54) is 10.5 Å². The van der Waals surface area contributed by atoms with Crippen molar-refractivity contribution in [3.8, 4) is 0 Å². The molecule has 4 heterocycles. The van der Waals surface area contributed by atoms with Gasteiger partial charge in [0.05, 0.1) is 16.9 Å². The third-order valence-electron chi connectivity index (χ3n) is 7.87. The van der Waals surface area contributed by atoms with Crippen molar-refractivity contribution in [2.75, 3.05) is 23.3 Å². The zero-order valence-corrected chi connectivity index (χ0v) is 23.0. The third kappa shape index (κ3) is 5.06. The van der Waals surface area contributed by atoms with E-state index in [1.54, 1.807) is 73.6 Å². The molecular weight excluding hydrogens is 550 g/mol. The highest BCUT2D eigenvalue weighted by Gasteiger charge is 2.55. The summed E-state index contributed by atoms with van der Waals surface area (Å²) in [5, 5.41) is 10.7. The SMILES string of the molecule is Cc1cn2cc(NC(=O)c3ccc(N4CCC(NCc5ccccc5)(C(F)(F)F)CC4)c4cn(C)nc34)cc(F)c2n1. The first-order valence-electron chi connectivity index (χ1n) is 13.6. The summed E-state index contributed by atoms with van der Waals surface area (Å²) < 4.78 is 60.7. The zero-order chi connectivity index (χ0) is 29.6. The van der Waals surface area contributed by atoms with Gasteiger partial charge < -0.3 is 14.6 Å². The lowest BCUT2D eigenvalue weighted by molar-refractivity contribution is -0.203.